The molecule has 2 aromatic rings. The third-order valence-corrected chi connectivity index (χ3v) is 6.22. The minimum absolute atomic E-state index is 0.174. The van der Waals surface area contributed by atoms with Crippen LogP contribution in [0.4, 0.5) is 0 Å². The molecule has 1 fully saturated rings. The van der Waals surface area contributed by atoms with Gasteiger partial charge in [-0.1, -0.05) is 74.3 Å². The first-order valence-corrected chi connectivity index (χ1v) is 11.8. The van der Waals surface area contributed by atoms with Gasteiger partial charge in [0.25, 0.3) is 0 Å². The third-order valence-electron chi connectivity index (χ3n) is 6.22. The van der Waals surface area contributed by atoms with Gasteiger partial charge in [-0.15, -0.1) is 0 Å². The van der Waals surface area contributed by atoms with Crippen molar-refractivity contribution in [3.05, 3.63) is 77.4 Å². The maximum absolute atomic E-state index is 11.2. The van der Waals surface area contributed by atoms with Crippen LogP contribution in [0.5, 0.6) is 5.75 Å². The lowest BCUT2D eigenvalue weighted by atomic mass is 10.0. The smallest absolute Gasteiger partial charge is 0.331 e. The Bertz CT molecular complexity index is 981. The number of rotatable bonds is 14. The summed E-state index contributed by atoms with van der Waals surface area (Å²) in [5, 5.41) is 13.5. The fourth-order valence-corrected chi connectivity index (χ4v) is 4.25. The van der Waals surface area contributed by atoms with Gasteiger partial charge in [-0.25, -0.2) is 4.79 Å². The minimum atomic E-state index is -0.973. The highest BCUT2D eigenvalue weighted by atomic mass is 16.6. The van der Waals surface area contributed by atoms with Crippen molar-refractivity contribution in [3.63, 3.8) is 0 Å². The Kier molecular flexibility index (Phi) is 9.11. The van der Waals surface area contributed by atoms with Gasteiger partial charge in [0.05, 0.1) is 5.71 Å². The Morgan fingerprint density at radius 3 is 2.64 bits per heavy atom. The van der Waals surface area contributed by atoms with Gasteiger partial charge in [0, 0.05) is 17.9 Å². The lowest BCUT2D eigenvalue weighted by Gasteiger charge is -2.12. The van der Waals surface area contributed by atoms with E-state index in [-0.39, 0.29) is 5.57 Å². The second kappa shape index (κ2) is 12.2. The highest BCUT2D eigenvalue weighted by Crippen LogP contribution is 2.49. The van der Waals surface area contributed by atoms with Gasteiger partial charge in [-0.05, 0) is 54.0 Å². The number of hydrogen-bond acceptors (Lipinski definition) is 4. The lowest BCUT2D eigenvalue weighted by Crippen LogP contribution is -2.06. The maximum Gasteiger partial charge on any atom is 0.331 e. The summed E-state index contributed by atoms with van der Waals surface area (Å²) in [6, 6.07) is 16.0. The van der Waals surface area contributed by atoms with Crippen molar-refractivity contribution in [3.8, 4) is 5.75 Å². The fraction of sp³-hybridized carbons (Fsp3) is 0.429. The maximum atomic E-state index is 11.2. The Morgan fingerprint density at radius 1 is 1.12 bits per heavy atom. The number of hydrogen-bond donors (Lipinski definition) is 1. The Morgan fingerprint density at radius 2 is 1.91 bits per heavy atom. The molecular formula is C28H35NO4. The van der Waals surface area contributed by atoms with E-state index in [9.17, 15) is 4.79 Å². The monoisotopic (exact) mass is 449 g/mol. The van der Waals surface area contributed by atoms with Gasteiger partial charge in [0.15, 0.2) is 0 Å². The van der Waals surface area contributed by atoms with E-state index in [0.717, 1.165) is 36.1 Å². The van der Waals surface area contributed by atoms with Crippen LogP contribution in [0, 0.1) is 5.92 Å². The Hall–Kier alpha value is -3.08. The van der Waals surface area contributed by atoms with Crippen LogP contribution in [0.15, 0.2) is 65.8 Å². The molecule has 5 nitrogen and oxygen atoms in total. The summed E-state index contributed by atoms with van der Waals surface area (Å²) in [6.45, 7) is 6.26. The largest absolute Gasteiger partial charge is 0.489 e. The first-order valence-electron chi connectivity index (χ1n) is 11.8. The van der Waals surface area contributed by atoms with Crippen LogP contribution in [0.25, 0.3) is 0 Å². The van der Waals surface area contributed by atoms with Crippen LogP contribution in [0.3, 0.4) is 0 Å². The normalized spacial score (nSPS) is 17.5. The van der Waals surface area contributed by atoms with Crippen molar-refractivity contribution in [1.82, 2.24) is 0 Å². The van der Waals surface area contributed by atoms with Crippen molar-refractivity contribution in [2.45, 2.75) is 64.4 Å². The van der Waals surface area contributed by atoms with E-state index >= 15 is 0 Å². The summed E-state index contributed by atoms with van der Waals surface area (Å²) >= 11 is 0. The molecule has 2 aromatic carbocycles. The molecule has 33 heavy (non-hydrogen) atoms. The van der Waals surface area contributed by atoms with Gasteiger partial charge in [-0.3, -0.25) is 0 Å². The number of unbranched alkanes of at least 4 members (excludes halogenated alkanes) is 3. The van der Waals surface area contributed by atoms with Crippen molar-refractivity contribution < 1.29 is 19.5 Å². The molecule has 0 amide bonds. The zero-order valence-electron chi connectivity index (χ0n) is 19.8. The third kappa shape index (κ3) is 7.21. The topological polar surface area (TPSA) is 68.1 Å². The van der Waals surface area contributed by atoms with Gasteiger partial charge < -0.3 is 14.7 Å². The van der Waals surface area contributed by atoms with Crippen molar-refractivity contribution in [2.24, 2.45) is 11.1 Å². The van der Waals surface area contributed by atoms with Gasteiger partial charge in [0.2, 0.25) is 0 Å². The Labute approximate surface area is 197 Å². The second-order valence-corrected chi connectivity index (χ2v) is 8.74. The summed E-state index contributed by atoms with van der Waals surface area (Å²) in [5.74, 6) is 0.752. The quantitative estimate of drug-likeness (QED) is 0.154. The fourth-order valence-electron chi connectivity index (χ4n) is 4.25. The van der Waals surface area contributed by atoms with E-state index in [2.05, 4.69) is 30.8 Å². The van der Waals surface area contributed by atoms with E-state index in [1.54, 1.807) is 7.11 Å². The SMILES string of the molecule is C=C(Cc1ccccc1COc1cccc(C2CC2C(CCCCCC)=NOC)c1)C(=O)O. The molecule has 1 N–H and O–H groups in total. The number of carboxylic acids is 1. The molecule has 0 bridgehead atoms. The first-order chi connectivity index (χ1) is 16.0. The summed E-state index contributed by atoms with van der Waals surface area (Å²) in [5.41, 5.74) is 4.51. The average Bonchev–Trinajstić information content (AvgIpc) is 3.61. The molecule has 2 atom stereocenters. The molecule has 176 valence electrons. The van der Waals surface area contributed by atoms with Crippen molar-refractivity contribution >= 4 is 11.7 Å². The van der Waals surface area contributed by atoms with E-state index in [1.807, 2.05) is 36.4 Å². The molecule has 5 heteroatoms. The molecule has 0 spiro atoms. The van der Waals surface area contributed by atoms with Gasteiger partial charge in [-0.2, -0.15) is 0 Å². The predicted octanol–water partition coefficient (Wildman–Crippen LogP) is 6.53. The number of carbonyl (C=O) groups is 1. The molecule has 3 rings (SSSR count). The summed E-state index contributed by atoms with van der Waals surface area (Å²) in [4.78, 5) is 16.3. The van der Waals surface area contributed by atoms with Crippen LogP contribution < -0.4 is 4.74 Å². The van der Waals surface area contributed by atoms with Crippen molar-refractivity contribution in [2.75, 3.05) is 7.11 Å². The second-order valence-electron chi connectivity index (χ2n) is 8.74. The molecule has 0 heterocycles. The molecule has 1 saturated carbocycles. The van der Waals surface area contributed by atoms with E-state index in [4.69, 9.17) is 14.7 Å². The zero-order chi connectivity index (χ0) is 23.6. The van der Waals surface area contributed by atoms with Crippen LogP contribution in [0.2, 0.25) is 0 Å². The van der Waals surface area contributed by atoms with Crippen molar-refractivity contribution in [1.29, 1.82) is 0 Å². The number of nitrogens with zero attached hydrogens (tertiary/aromatic N) is 1. The van der Waals surface area contributed by atoms with Gasteiger partial charge >= 0.3 is 5.97 Å². The Balaban J connectivity index is 1.61. The van der Waals surface area contributed by atoms with Crippen LogP contribution in [-0.2, 0) is 22.7 Å². The molecule has 2 unspecified atom stereocenters. The predicted molar refractivity (Wildman–Crippen MR) is 132 cm³/mol. The molecule has 1 aliphatic rings. The molecule has 0 radical (unpaired) electrons. The molecule has 0 saturated heterocycles. The highest BCUT2D eigenvalue weighted by Gasteiger charge is 2.42. The van der Waals surface area contributed by atoms with Gasteiger partial charge in [0.1, 0.15) is 19.5 Å². The lowest BCUT2D eigenvalue weighted by molar-refractivity contribution is -0.132. The average molecular weight is 450 g/mol. The highest BCUT2D eigenvalue weighted by molar-refractivity contribution is 5.90. The van der Waals surface area contributed by atoms with E-state index in [0.29, 0.717) is 24.9 Å². The summed E-state index contributed by atoms with van der Waals surface area (Å²) in [6.07, 6.45) is 7.30. The molecule has 0 aliphatic heterocycles. The first kappa shape index (κ1) is 24.6. The minimum Gasteiger partial charge on any atom is -0.489 e. The standard InChI is InChI=1S/C28H35NO4/c1-4-5-6-7-15-27(29-32-3)26-18-25(26)22-13-10-14-24(17-22)33-19-23-12-9-8-11-21(23)16-20(2)28(30)31/h8-14,17,25-26H,2,4-7,15-16,18-19H2,1,3H3,(H,30,31). The molecule has 0 aromatic heterocycles. The number of carboxylic acid groups (broad SMARTS) is 1. The van der Waals surface area contributed by atoms with E-state index < -0.39 is 5.97 Å². The number of benzene rings is 2. The zero-order valence-corrected chi connectivity index (χ0v) is 19.8. The molecule has 1 aliphatic carbocycles. The van der Waals surface area contributed by atoms with Crippen LogP contribution in [0.1, 0.15) is 68.1 Å². The van der Waals surface area contributed by atoms with E-state index in [1.165, 1.54) is 30.5 Å². The van der Waals surface area contributed by atoms with Crippen LogP contribution in [-0.4, -0.2) is 23.9 Å². The summed E-state index contributed by atoms with van der Waals surface area (Å²) < 4.78 is 6.10. The number of aliphatic carboxylic acids is 1. The number of ether oxygens (including phenoxy) is 1. The molecular weight excluding hydrogens is 414 g/mol. The number of oxime groups is 1. The summed E-state index contributed by atoms with van der Waals surface area (Å²) in [7, 11) is 1.63. The van der Waals surface area contributed by atoms with Crippen LogP contribution >= 0.6 is 0 Å².